The summed E-state index contributed by atoms with van der Waals surface area (Å²) in [4.78, 5) is 12.2. The van der Waals surface area contributed by atoms with Gasteiger partial charge in [-0.05, 0) is 43.4 Å². The summed E-state index contributed by atoms with van der Waals surface area (Å²) < 4.78 is 11.5. The molecule has 0 spiro atoms. The molecule has 0 aromatic heterocycles. The predicted octanol–water partition coefficient (Wildman–Crippen LogP) is 5.30. The van der Waals surface area contributed by atoms with E-state index in [1.807, 2.05) is 87.5 Å². The van der Waals surface area contributed by atoms with E-state index in [9.17, 15) is 4.79 Å². The van der Waals surface area contributed by atoms with Gasteiger partial charge in [0, 0.05) is 5.39 Å². The van der Waals surface area contributed by atoms with Crippen molar-refractivity contribution >= 4 is 16.7 Å². The fourth-order valence-electron chi connectivity index (χ4n) is 2.84. The van der Waals surface area contributed by atoms with Gasteiger partial charge < -0.3 is 9.47 Å². The maximum Gasteiger partial charge on any atom is 0.310 e. The molecule has 0 heterocycles. The zero-order chi connectivity index (χ0) is 18.6. The van der Waals surface area contributed by atoms with Gasteiger partial charge in [-0.2, -0.15) is 0 Å². The van der Waals surface area contributed by atoms with Crippen LogP contribution in [0.5, 0.6) is 5.75 Å². The van der Waals surface area contributed by atoms with Crippen LogP contribution in [0.2, 0.25) is 0 Å². The first kappa shape index (κ1) is 18.0. The lowest BCUT2D eigenvalue weighted by Crippen LogP contribution is -2.24. The van der Waals surface area contributed by atoms with Gasteiger partial charge in [0.25, 0.3) is 0 Å². The Balaban J connectivity index is 1.85. The molecule has 0 amide bonds. The number of hydrogen-bond donors (Lipinski definition) is 0. The van der Waals surface area contributed by atoms with Crippen LogP contribution < -0.4 is 4.74 Å². The van der Waals surface area contributed by atoms with Gasteiger partial charge in [0.05, 0.1) is 6.42 Å². The average Bonchev–Trinajstić information content (AvgIpc) is 2.59. The van der Waals surface area contributed by atoms with Gasteiger partial charge in [-0.25, -0.2) is 0 Å². The van der Waals surface area contributed by atoms with Crippen LogP contribution in [0, 0.1) is 0 Å². The Hall–Kier alpha value is -2.81. The lowest BCUT2D eigenvalue weighted by Gasteiger charge is -2.19. The van der Waals surface area contributed by atoms with Crippen molar-refractivity contribution in [1.29, 1.82) is 0 Å². The van der Waals surface area contributed by atoms with Gasteiger partial charge in [0.15, 0.2) is 0 Å². The van der Waals surface area contributed by atoms with E-state index in [4.69, 9.17) is 9.47 Å². The third-order valence-electron chi connectivity index (χ3n) is 3.89. The largest absolute Gasteiger partial charge is 0.488 e. The Labute approximate surface area is 154 Å². The number of rotatable bonds is 5. The maximum atomic E-state index is 12.2. The molecule has 0 atom stereocenters. The van der Waals surface area contributed by atoms with Crippen molar-refractivity contribution in [1.82, 2.24) is 0 Å². The average molecular weight is 348 g/mol. The number of hydrogen-bond acceptors (Lipinski definition) is 3. The van der Waals surface area contributed by atoms with Gasteiger partial charge in [0.2, 0.25) is 0 Å². The Morgan fingerprint density at radius 3 is 2.31 bits per heavy atom. The van der Waals surface area contributed by atoms with Gasteiger partial charge in [-0.1, -0.05) is 60.7 Å². The van der Waals surface area contributed by atoms with Crippen molar-refractivity contribution in [2.45, 2.75) is 39.4 Å². The fourth-order valence-corrected chi connectivity index (χ4v) is 2.84. The molecule has 26 heavy (non-hydrogen) atoms. The SMILES string of the molecule is CC(C)(C)OC(=O)Cc1cc(OCc2ccccc2)c2ccccc2c1. The zero-order valence-electron chi connectivity index (χ0n) is 15.5. The summed E-state index contributed by atoms with van der Waals surface area (Å²) in [5.41, 5.74) is 1.51. The summed E-state index contributed by atoms with van der Waals surface area (Å²) in [6, 6.07) is 22.1. The molecule has 0 unspecified atom stereocenters. The molecule has 3 aromatic rings. The standard InChI is InChI=1S/C23H24O3/c1-23(2,3)26-22(24)15-18-13-19-11-7-8-12-20(19)21(14-18)25-16-17-9-5-4-6-10-17/h4-14H,15-16H2,1-3H3. The van der Waals surface area contributed by atoms with Crippen molar-refractivity contribution in [2.75, 3.05) is 0 Å². The lowest BCUT2D eigenvalue weighted by molar-refractivity contribution is -0.153. The fraction of sp³-hybridized carbons (Fsp3) is 0.261. The van der Waals surface area contributed by atoms with Crippen molar-refractivity contribution in [3.63, 3.8) is 0 Å². The first-order valence-corrected chi connectivity index (χ1v) is 8.81. The van der Waals surface area contributed by atoms with Crippen LogP contribution in [-0.4, -0.2) is 11.6 Å². The van der Waals surface area contributed by atoms with Crippen molar-refractivity contribution in [3.05, 3.63) is 77.9 Å². The van der Waals surface area contributed by atoms with Gasteiger partial charge in [0.1, 0.15) is 18.0 Å². The molecule has 0 aliphatic carbocycles. The number of fused-ring (bicyclic) bond motifs is 1. The van der Waals surface area contributed by atoms with Crippen LogP contribution in [0.4, 0.5) is 0 Å². The normalized spacial score (nSPS) is 11.3. The molecule has 0 N–H and O–H groups in total. The highest BCUT2D eigenvalue weighted by Gasteiger charge is 2.17. The smallest absolute Gasteiger partial charge is 0.310 e. The Morgan fingerprint density at radius 2 is 1.58 bits per heavy atom. The summed E-state index contributed by atoms with van der Waals surface area (Å²) in [5.74, 6) is 0.548. The minimum atomic E-state index is -0.486. The van der Waals surface area contributed by atoms with E-state index in [0.29, 0.717) is 6.61 Å². The van der Waals surface area contributed by atoms with E-state index in [2.05, 4.69) is 0 Å². The third-order valence-corrected chi connectivity index (χ3v) is 3.89. The molecule has 0 fully saturated rings. The van der Waals surface area contributed by atoms with Crippen molar-refractivity contribution in [3.8, 4) is 5.75 Å². The third kappa shape index (κ3) is 4.85. The number of carbonyl (C=O) groups is 1. The second-order valence-corrected chi connectivity index (χ2v) is 7.35. The van der Waals surface area contributed by atoms with E-state index in [-0.39, 0.29) is 12.4 Å². The van der Waals surface area contributed by atoms with E-state index >= 15 is 0 Å². The molecule has 0 saturated heterocycles. The molecule has 3 aromatic carbocycles. The van der Waals surface area contributed by atoms with Crippen LogP contribution in [-0.2, 0) is 22.6 Å². The Bertz CT molecular complexity index is 892. The quantitative estimate of drug-likeness (QED) is 0.587. The number of ether oxygens (including phenoxy) is 2. The molecule has 0 aliphatic heterocycles. The molecule has 0 radical (unpaired) electrons. The molecular formula is C23H24O3. The zero-order valence-corrected chi connectivity index (χ0v) is 15.5. The van der Waals surface area contributed by atoms with Gasteiger partial charge in [-0.15, -0.1) is 0 Å². The second kappa shape index (κ2) is 7.61. The summed E-state index contributed by atoms with van der Waals surface area (Å²) in [6.45, 7) is 6.11. The highest BCUT2D eigenvalue weighted by molar-refractivity contribution is 5.90. The molecule has 0 saturated carbocycles. The van der Waals surface area contributed by atoms with E-state index in [0.717, 1.165) is 27.6 Å². The molecular weight excluding hydrogens is 324 g/mol. The highest BCUT2D eigenvalue weighted by Crippen LogP contribution is 2.29. The minimum Gasteiger partial charge on any atom is -0.488 e. The first-order valence-electron chi connectivity index (χ1n) is 8.81. The summed E-state index contributed by atoms with van der Waals surface area (Å²) in [5, 5.41) is 2.09. The van der Waals surface area contributed by atoms with E-state index in [1.54, 1.807) is 0 Å². The van der Waals surface area contributed by atoms with Gasteiger partial charge in [-0.3, -0.25) is 4.79 Å². The number of benzene rings is 3. The second-order valence-electron chi connectivity index (χ2n) is 7.35. The highest BCUT2D eigenvalue weighted by atomic mass is 16.6. The summed E-state index contributed by atoms with van der Waals surface area (Å²) >= 11 is 0. The van der Waals surface area contributed by atoms with Gasteiger partial charge >= 0.3 is 5.97 Å². The number of carbonyl (C=O) groups excluding carboxylic acids is 1. The van der Waals surface area contributed by atoms with Crippen LogP contribution in [0.1, 0.15) is 31.9 Å². The van der Waals surface area contributed by atoms with Crippen LogP contribution >= 0.6 is 0 Å². The van der Waals surface area contributed by atoms with Crippen LogP contribution in [0.3, 0.4) is 0 Å². The molecule has 3 heteroatoms. The van der Waals surface area contributed by atoms with Crippen LogP contribution in [0.25, 0.3) is 10.8 Å². The molecule has 134 valence electrons. The first-order chi connectivity index (χ1) is 12.4. The minimum absolute atomic E-state index is 0.226. The number of esters is 1. The van der Waals surface area contributed by atoms with Crippen molar-refractivity contribution < 1.29 is 14.3 Å². The summed E-state index contributed by atoms with van der Waals surface area (Å²) in [6.07, 6.45) is 0.226. The Kier molecular flexibility index (Phi) is 5.27. The van der Waals surface area contributed by atoms with E-state index < -0.39 is 5.60 Å². The lowest BCUT2D eigenvalue weighted by atomic mass is 10.0. The Morgan fingerprint density at radius 1 is 0.885 bits per heavy atom. The van der Waals surface area contributed by atoms with Crippen molar-refractivity contribution in [2.24, 2.45) is 0 Å². The topological polar surface area (TPSA) is 35.5 Å². The van der Waals surface area contributed by atoms with Crippen LogP contribution in [0.15, 0.2) is 66.7 Å². The predicted molar refractivity (Wildman–Crippen MR) is 104 cm³/mol. The molecule has 3 rings (SSSR count). The summed E-state index contributed by atoms with van der Waals surface area (Å²) in [7, 11) is 0. The monoisotopic (exact) mass is 348 g/mol. The molecule has 3 nitrogen and oxygen atoms in total. The molecule has 0 bridgehead atoms. The van der Waals surface area contributed by atoms with E-state index in [1.165, 1.54) is 0 Å². The maximum absolute atomic E-state index is 12.2. The molecule has 0 aliphatic rings.